The minimum Gasteiger partial charge on any atom is -0.507 e. The summed E-state index contributed by atoms with van der Waals surface area (Å²) in [5, 5.41) is 17.9. The Hall–Kier alpha value is -1.43. The maximum absolute atomic E-state index is 12.0. The molecule has 1 aromatic rings. The summed E-state index contributed by atoms with van der Waals surface area (Å²) < 4.78 is 36.1. The number of benzene rings is 1. The molecule has 6 heteroatoms. The normalized spacial score (nSPS) is 14.0. The summed E-state index contributed by atoms with van der Waals surface area (Å²) in [6.07, 6.45) is -7.49. The summed E-state index contributed by atoms with van der Waals surface area (Å²) in [6, 6.07) is 3.05. The number of nitrogens with two attached hydrogens (primary N) is 1. The predicted octanol–water partition coefficient (Wildman–Crippen LogP) is 1.57. The Morgan fingerprint density at radius 1 is 1.29 bits per heavy atom. The topological polar surface area (TPSA) is 66.5 Å². The molecule has 0 aliphatic carbocycles. The first kappa shape index (κ1) is 10.6. The second-order valence-electron chi connectivity index (χ2n) is 2.76. The molecule has 0 aromatic heterocycles. The lowest BCUT2D eigenvalue weighted by atomic mass is 10.1. The maximum atomic E-state index is 12.0. The van der Waals surface area contributed by atoms with Gasteiger partial charge in [-0.2, -0.15) is 13.2 Å². The molecule has 1 rings (SSSR count). The zero-order valence-corrected chi connectivity index (χ0v) is 6.92. The third kappa shape index (κ3) is 2.08. The van der Waals surface area contributed by atoms with Crippen LogP contribution < -0.4 is 5.73 Å². The Bertz CT molecular complexity index is 338. The standard InChI is InChI=1S/C8H8F3NO2/c9-8(10,11)7(14)5-2-1-4(12)3-6(5)13/h1-3,7,13-14H,12H2. The van der Waals surface area contributed by atoms with Crippen LogP contribution in [0.5, 0.6) is 5.75 Å². The molecule has 14 heavy (non-hydrogen) atoms. The second-order valence-corrected chi connectivity index (χ2v) is 2.76. The molecule has 0 saturated carbocycles. The van der Waals surface area contributed by atoms with Crippen molar-refractivity contribution in [1.82, 2.24) is 0 Å². The van der Waals surface area contributed by atoms with Crippen molar-refractivity contribution in [2.24, 2.45) is 0 Å². The smallest absolute Gasteiger partial charge is 0.418 e. The average molecular weight is 207 g/mol. The molecule has 0 saturated heterocycles. The Kier molecular flexibility index (Phi) is 2.57. The molecule has 78 valence electrons. The largest absolute Gasteiger partial charge is 0.507 e. The zero-order valence-electron chi connectivity index (χ0n) is 6.92. The Morgan fingerprint density at radius 3 is 2.29 bits per heavy atom. The van der Waals surface area contributed by atoms with Crippen molar-refractivity contribution in [2.45, 2.75) is 12.3 Å². The lowest BCUT2D eigenvalue weighted by molar-refractivity contribution is -0.207. The van der Waals surface area contributed by atoms with Gasteiger partial charge in [0.15, 0.2) is 6.10 Å². The number of alkyl halides is 3. The van der Waals surface area contributed by atoms with Crippen LogP contribution in [0.4, 0.5) is 18.9 Å². The Morgan fingerprint density at radius 2 is 1.86 bits per heavy atom. The Labute approximate surface area is 77.6 Å². The molecule has 3 nitrogen and oxygen atoms in total. The first-order chi connectivity index (χ1) is 6.32. The number of anilines is 1. The van der Waals surface area contributed by atoms with Gasteiger partial charge in [-0.05, 0) is 6.07 Å². The number of aromatic hydroxyl groups is 1. The highest BCUT2D eigenvalue weighted by Gasteiger charge is 2.40. The highest BCUT2D eigenvalue weighted by atomic mass is 19.4. The van der Waals surface area contributed by atoms with Crippen LogP contribution in [0.15, 0.2) is 18.2 Å². The molecule has 0 amide bonds. The minimum atomic E-state index is -4.80. The number of aliphatic hydroxyl groups is 1. The van der Waals surface area contributed by atoms with Crippen molar-refractivity contribution >= 4 is 5.69 Å². The number of hydrogen-bond acceptors (Lipinski definition) is 3. The van der Waals surface area contributed by atoms with Gasteiger partial charge in [0.05, 0.1) is 0 Å². The van der Waals surface area contributed by atoms with Gasteiger partial charge in [-0.1, -0.05) is 6.07 Å². The van der Waals surface area contributed by atoms with E-state index in [1.165, 1.54) is 6.07 Å². The van der Waals surface area contributed by atoms with E-state index in [-0.39, 0.29) is 5.69 Å². The van der Waals surface area contributed by atoms with E-state index in [1.54, 1.807) is 0 Å². The van der Waals surface area contributed by atoms with E-state index in [0.717, 1.165) is 12.1 Å². The van der Waals surface area contributed by atoms with Crippen molar-refractivity contribution in [3.63, 3.8) is 0 Å². The summed E-state index contributed by atoms with van der Waals surface area (Å²) >= 11 is 0. The molecule has 0 aliphatic heterocycles. The van der Waals surface area contributed by atoms with Gasteiger partial charge in [0.25, 0.3) is 0 Å². The van der Waals surface area contributed by atoms with Gasteiger partial charge in [-0.15, -0.1) is 0 Å². The van der Waals surface area contributed by atoms with Crippen LogP contribution in [0.3, 0.4) is 0 Å². The van der Waals surface area contributed by atoms with Crippen molar-refractivity contribution in [3.05, 3.63) is 23.8 Å². The lowest BCUT2D eigenvalue weighted by Gasteiger charge is -2.15. The van der Waals surface area contributed by atoms with E-state index in [4.69, 9.17) is 15.9 Å². The maximum Gasteiger partial charge on any atom is 0.418 e. The first-order valence-corrected chi connectivity index (χ1v) is 3.65. The average Bonchev–Trinajstić information content (AvgIpc) is 2.01. The molecule has 0 aliphatic rings. The third-order valence-electron chi connectivity index (χ3n) is 1.66. The SMILES string of the molecule is Nc1ccc(C(O)C(F)(F)F)c(O)c1. The quantitative estimate of drug-likeness (QED) is 0.612. The number of rotatable bonds is 1. The highest BCUT2D eigenvalue weighted by molar-refractivity contribution is 5.48. The van der Waals surface area contributed by atoms with E-state index in [2.05, 4.69) is 0 Å². The fourth-order valence-electron chi connectivity index (χ4n) is 0.968. The first-order valence-electron chi connectivity index (χ1n) is 3.65. The second kappa shape index (κ2) is 3.38. The lowest BCUT2D eigenvalue weighted by Crippen LogP contribution is -2.20. The van der Waals surface area contributed by atoms with Crippen LogP contribution >= 0.6 is 0 Å². The van der Waals surface area contributed by atoms with Crippen LogP contribution in [0.2, 0.25) is 0 Å². The van der Waals surface area contributed by atoms with Gasteiger partial charge in [0.1, 0.15) is 5.75 Å². The number of phenolic OH excluding ortho intramolecular Hbond substituents is 1. The van der Waals surface area contributed by atoms with Crippen molar-refractivity contribution in [1.29, 1.82) is 0 Å². The van der Waals surface area contributed by atoms with Gasteiger partial charge in [0.2, 0.25) is 0 Å². The fourth-order valence-corrected chi connectivity index (χ4v) is 0.968. The molecule has 0 spiro atoms. The molecule has 1 aromatic carbocycles. The minimum absolute atomic E-state index is 0.126. The molecule has 0 fully saturated rings. The molecule has 0 bridgehead atoms. The molecule has 0 heterocycles. The summed E-state index contributed by atoms with van der Waals surface area (Å²) in [7, 11) is 0. The monoisotopic (exact) mass is 207 g/mol. The van der Waals surface area contributed by atoms with Crippen LogP contribution in [0.1, 0.15) is 11.7 Å². The van der Waals surface area contributed by atoms with E-state index in [0.29, 0.717) is 0 Å². The van der Waals surface area contributed by atoms with Gasteiger partial charge in [0, 0.05) is 17.3 Å². The number of nitrogen functional groups attached to an aromatic ring is 1. The van der Waals surface area contributed by atoms with Gasteiger partial charge in [-0.3, -0.25) is 0 Å². The molecule has 4 N–H and O–H groups in total. The number of hydrogen-bond donors (Lipinski definition) is 3. The van der Waals surface area contributed by atoms with Crippen LogP contribution in [-0.2, 0) is 0 Å². The number of phenols is 1. The molecular formula is C8H8F3NO2. The van der Waals surface area contributed by atoms with E-state index in [1.807, 2.05) is 0 Å². The number of aliphatic hydroxyl groups excluding tert-OH is 1. The third-order valence-corrected chi connectivity index (χ3v) is 1.66. The van der Waals surface area contributed by atoms with E-state index in [9.17, 15) is 13.2 Å². The van der Waals surface area contributed by atoms with Crippen molar-refractivity contribution < 1.29 is 23.4 Å². The zero-order chi connectivity index (χ0) is 10.9. The van der Waals surface area contributed by atoms with Crippen LogP contribution in [0.25, 0.3) is 0 Å². The van der Waals surface area contributed by atoms with Crippen LogP contribution in [0, 0.1) is 0 Å². The fraction of sp³-hybridized carbons (Fsp3) is 0.250. The molecular weight excluding hydrogens is 199 g/mol. The van der Waals surface area contributed by atoms with Crippen LogP contribution in [-0.4, -0.2) is 16.4 Å². The highest BCUT2D eigenvalue weighted by Crippen LogP contribution is 2.37. The molecule has 0 radical (unpaired) electrons. The Balaban J connectivity index is 3.08. The van der Waals surface area contributed by atoms with Gasteiger partial charge < -0.3 is 15.9 Å². The van der Waals surface area contributed by atoms with E-state index >= 15 is 0 Å². The summed E-state index contributed by atoms with van der Waals surface area (Å²) in [6.45, 7) is 0. The van der Waals surface area contributed by atoms with E-state index < -0.39 is 23.6 Å². The summed E-state index contributed by atoms with van der Waals surface area (Å²) in [4.78, 5) is 0. The number of halogens is 3. The van der Waals surface area contributed by atoms with Gasteiger partial charge in [-0.25, -0.2) is 0 Å². The molecule has 1 atom stereocenters. The molecule has 1 unspecified atom stereocenters. The van der Waals surface area contributed by atoms with Crippen molar-refractivity contribution in [3.8, 4) is 5.75 Å². The van der Waals surface area contributed by atoms with Crippen molar-refractivity contribution in [2.75, 3.05) is 5.73 Å². The predicted molar refractivity (Wildman–Crippen MR) is 43.5 cm³/mol. The van der Waals surface area contributed by atoms with Gasteiger partial charge >= 0.3 is 6.18 Å². The summed E-state index contributed by atoms with van der Waals surface area (Å²) in [5.74, 6) is -0.671. The summed E-state index contributed by atoms with van der Waals surface area (Å²) in [5.41, 5.74) is 4.73.